The first-order valence-corrected chi connectivity index (χ1v) is 19.3. The molecule has 0 amide bonds. The number of carbonyl (C=O) groups is 2. The van der Waals surface area contributed by atoms with Crippen LogP contribution in [0.2, 0.25) is 0 Å². The fourth-order valence-corrected chi connectivity index (χ4v) is 5.09. The van der Waals surface area contributed by atoms with Gasteiger partial charge in [-0.1, -0.05) is 165 Å². The Balaban J connectivity index is 3.58. The van der Waals surface area contributed by atoms with Gasteiger partial charge in [0.15, 0.2) is 0 Å². The lowest BCUT2D eigenvalue weighted by Gasteiger charge is -2.12. The molecule has 0 aromatic carbocycles. The van der Waals surface area contributed by atoms with Crippen molar-refractivity contribution in [3.8, 4) is 0 Å². The molecule has 1 unspecified atom stereocenters. The van der Waals surface area contributed by atoms with Crippen molar-refractivity contribution in [2.75, 3.05) is 13.2 Å². The zero-order chi connectivity index (χ0) is 35.3. The van der Waals surface area contributed by atoms with Gasteiger partial charge >= 0.3 is 11.9 Å². The van der Waals surface area contributed by atoms with E-state index in [1.807, 2.05) is 37.3 Å². The number of hydrogen-bond donors (Lipinski definition) is 2. The normalized spacial score (nSPS) is 13.6. The summed E-state index contributed by atoms with van der Waals surface area (Å²) < 4.78 is 10.3. The van der Waals surface area contributed by atoms with Gasteiger partial charge in [0.1, 0.15) is 19.3 Å². The van der Waals surface area contributed by atoms with Crippen LogP contribution in [-0.4, -0.2) is 47.6 Å². The molecule has 6 heteroatoms. The summed E-state index contributed by atoms with van der Waals surface area (Å²) in [5, 5.41) is 19.7. The van der Waals surface area contributed by atoms with E-state index >= 15 is 0 Å². The predicted octanol–water partition coefficient (Wildman–Crippen LogP) is 10.8. The molecule has 0 fully saturated rings. The maximum absolute atomic E-state index is 12.0. The average Bonchev–Trinajstić information content (AvgIpc) is 3.07. The third-order valence-corrected chi connectivity index (χ3v) is 8.02. The van der Waals surface area contributed by atoms with Crippen molar-refractivity contribution >= 4 is 11.9 Å². The van der Waals surface area contributed by atoms with E-state index in [9.17, 15) is 19.8 Å². The van der Waals surface area contributed by atoms with Crippen molar-refractivity contribution in [3.05, 3.63) is 60.8 Å². The molecule has 2 N–H and O–H groups in total. The predicted molar refractivity (Wildman–Crippen MR) is 202 cm³/mol. The maximum atomic E-state index is 12.0. The van der Waals surface area contributed by atoms with E-state index < -0.39 is 12.2 Å². The van der Waals surface area contributed by atoms with Crippen molar-refractivity contribution in [2.24, 2.45) is 5.92 Å². The SMILES string of the molecule is CC/C=C\C(O)C/C=C/C=C\C/C=C\C/C=C\CCCC(=O)OC[C@@H](O)COC(=O)CCCCCCCCCCCCCCCC(C)C. The van der Waals surface area contributed by atoms with Gasteiger partial charge in [-0.05, 0) is 50.9 Å². The minimum absolute atomic E-state index is 0.145. The van der Waals surface area contributed by atoms with Gasteiger partial charge in [0.2, 0.25) is 0 Å². The van der Waals surface area contributed by atoms with Gasteiger partial charge < -0.3 is 19.7 Å². The Hall–Kier alpha value is -2.44. The van der Waals surface area contributed by atoms with Crippen LogP contribution in [0.4, 0.5) is 0 Å². The van der Waals surface area contributed by atoms with Crippen molar-refractivity contribution in [2.45, 2.75) is 174 Å². The molecule has 0 aliphatic heterocycles. The third kappa shape index (κ3) is 36.4. The lowest BCUT2D eigenvalue weighted by atomic mass is 10.0. The number of carbonyl (C=O) groups excluding carboxylic acids is 2. The van der Waals surface area contributed by atoms with Gasteiger partial charge in [-0.15, -0.1) is 0 Å². The number of aliphatic hydroxyl groups is 2. The molecule has 6 nitrogen and oxygen atoms in total. The Labute approximate surface area is 294 Å². The van der Waals surface area contributed by atoms with Gasteiger partial charge in [0.05, 0.1) is 6.10 Å². The van der Waals surface area contributed by atoms with Crippen molar-refractivity contribution in [1.29, 1.82) is 0 Å². The van der Waals surface area contributed by atoms with Gasteiger partial charge in [-0.2, -0.15) is 0 Å². The summed E-state index contributed by atoms with van der Waals surface area (Å²) in [5.74, 6) is 0.184. The Morgan fingerprint density at radius 1 is 0.583 bits per heavy atom. The molecule has 0 heterocycles. The summed E-state index contributed by atoms with van der Waals surface area (Å²) in [6.07, 6.45) is 41.9. The Bertz CT molecular complexity index is 885. The summed E-state index contributed by atoms with van der Waals surface area (Å²) in [5.41, 5.74) is 0. The van der Waals surface area contributed by atoms with E-state index in [0.29, 0.717) is 19.3 Å². The summed E-state index contributed by atoms with van der Waals surface area (Å²) >= 11 is 0. The zero-order valence-electron chi connectivity index (χ0n) is 31.0. The van der Waals surface area contributed by atoms with Crippen LogP contribution in [0.15, 0.2) is 60.8 Å². The number of ether oxygens (including phenoxy) is 2. The first-order chi connectivity index (χ1) is 23.3. The van der Waals surface area contributed by atoms with Crippen molar-refractivity contribution in [1.82, 2.24) is 0 Å². The lowest BCUT2D eigenvalue weighted by molar-refractivity contribution is -0.152. The number of hydrogen-bond acceptors (Lipinski definition) is 6. The van der Waals surface area contributed by atoms with Crippen LogP contribution in [0.5, 0.6) is 0 Å². The average molecular weight is 673 g/mol. The highest BCUT2D eigenvalue weighted by atomic mass is 16.6. The molecular weight excluding hydrogens is 600 g/mol. The summed E-state index contributed by atoms with van der Waals surface area (Å²) in [6.45, 7) is 6.35. The van der Waals surface area contributed by atoms with Crippen molar-refractivity contribution < 1.29 is 29.3 Å². The van der Waals surface area contributed by atoms with Gasteiger partial charge in [-0.3, -0.25) is 9.59 Å². The van der Waals surface area contributed by atoms with E-state index in [0.717, 1.165) is 50.9 Å². The van der Waals surface area contributed by atoms with Crippen LogP contribution in [-0.2, 0) is 19.1 Å². The molecule has 0 radical (unpaired) electrons. The van der Waals surface area contributed by atoms with Crippen molar-refractivity contribution in [3.63, 3.8) is 0 Å². The number of allylic oxidation sites excluding steroid dienone is 8. The number of aliphatic hydroxyl groups excluding tert-OH is 2. The molecular formula is C42H72O6. The molecule has 2 atom stereocenters. The largest absolute Gasteiger partial charge is 0.463 e. The molecule has 0 spiro atoms. The topological polar surface area (TPSA) is 93.1 Å². The van der Waals surface area contributed by atoms with Gasteiger partial charge in [-0.25, -0.2) is 0 Å². The van der Waals surface area contributed by atoms with E-state index in [1.54, 1.807) is 0 Å². The van der Waals surface area contributed by atoms with E-state index in [4.69, 9.17) is 9.47 Å². The van der Waals surface area contributed by atoms with Gasteiger partial charge in [0, 0.05) is 12.8 Å². The molecule has 276 valence electrons. The Morgan fingerprint density at radius 3 is 1.62 bits per heavy atom. The second kappa shape index (κ2) is 35.9. The second-order valence-corrected chi connectivity index (χ2v) is 13.4. The Morgan fingerprint density at radius 2 is 1.06 bits per heavy atom. The van der Waals surface area contributed by atoms with E-state index in [1.165, 1.54) is 70.6 Å². The molecule has 0 aliphatic carbocycles. The maximum Gasteiger partial charge on any atom is 0.305 e. The van der Waals surface area contributed by atoms with Crippen LogP contribution in [0.25, 0.3) is 0 Å². The van der Waals surface area contributed by atoms with Crippen LogP contribution < -0.4 is 0 Å². The molecule has 0 aliphatic rings. The van der Waals surface area contributed by atoms with Gasteiger partial charge in [0.25, 0.3) is 0 Å². The minimum Gasteiger partial charge on any atom is -0.463 e. The number of rotatable bonds is 33. The lowest BCUT2D eigenvalue weighted by Crippen LogP contribution is -2.25. The monoisotopic (exact) mass is 673 g/mol. The first kappa shape index (κ1) is 45.6. The summed E-state index contributed by atoms with van der Waals surface area (Å²) in [7, 11) is 0. The van der Waals surface area contributed by atoms with Crippen LogP contribution >= 0.6 is 0 Å². The highest BCUT2D eigenvalue weighted by Crippen LogP contribution is 2.15. The Kier molecular flexibility index (Phi) is 34.0. The standard InChI is InChI=1S/C42H72O6/c1-4-5-32-39(43)33-28-24-20-16-12-9-10-14-18-22-26-30-35-42(46)48-37-40(44)36-47-41(45)34-29-25-21-17-13-8-6-7-11-15-19-23-27-31-38(2)3/h5,9-10,16,18,20,22,24,28,32,38-40,43-44H,4,6-8,11-15,17,19,21,23,25-27,29-31,33-37H2,1-3H3/b10-9-,20-16-,22-18-,28-24+,32-5-/t39?,40-/m0/s1. The molecule has 0 bridgehead atoms. The molecule has 0 aromatic rings. The fourth-order valence-electron chi connectivity index (χ4n) is 5.09. The molecule has 0 saturated heterocycles. The highest BCUT2D eigenvalue weighted by Gasteiger charge is 2.12. The van der Waals surface area contributed by atoms with E-state index in [-0.39, 0.29) is 31.6 Å². The molecule has 48 heavy (non-hydrogen) atoms. The quantitative estimate of drug-likeness (QED) is 0.0312. The van der Waals surface area contributed by atoms with Crippen LogP contribution in [0, 0.1) is 5.92 Å². The number of esters is 2. The summed E-state index contributed by atoms with van der Waals surface area (Å²) in [4.78, 5) is 23.9. The second-order valence-electron chi connectivity index (χ2n) is 13.4. The van der Waals surface area contributed by atoms with Crippen LogP contribution in [0.3, 0.4) is 0 Å². The molecule has 0 aromatic heterocycles. The minimum atomic E-state index is -0.999. The smallest absolute Gasteiger partial charge is 0.305 e. The van der Waals surface area contributed by atoms with Crippen LogP contribution in [0.1, 0.15) is 162 Å². The number of unbranched alkanes of at least 4 members (excludes halogenated alkanes) is 13. The highest BCUT2D eigenvalue weighted by molar-refractivity contribution is 5.69. The third-order valence-electron chi connectivity index (χ3n) is 8.02. The summed E-state index contributed by atoms with van der Waals surface area (Å²) in [6, 6.07) is 0. The van der Waals surface area contributed by atoms with E-state index in [2.05, 4.69) is 44.2 Å². The fraction of sp³-hybridized carbons (Fsp3) is 0.714. The molecule has 0 saturated carbocycles. The molecule has 0 rings (SSSR count). The first-order valence-electron chi connectivity index (χ1n) is 19.3. The zero-order valence-corrected chi connectivity index (χ0v) is 31.0.